The topological polar surface area (TPSA) is 130 Å². The van der Waals surface area contributed by atoms with Gasteiger partial charge in [-0.05, 0) is 0 Å². The Labute approximate surface area is 115 Å². The standard InChI is InChI=1S/C9H16N2O5SSe/c1-5(12)18-11-7(9(15)16)2-3-17-4-6(10)8(13)14/h6-7,11H,2-4,10H2,1H3,(H,13,14)(H,15,16). The van der Waals surface area contributed by atoms with Crippen LogP contribution >= 0.6 is 11.8 Å². The van der Waals surface area contributed by atoms with E-state index >= 15 is 0 Å². The number of thioether (sulfide) groups is 1. The molecule has 7 nitrogen and oxygen atoms in total. The predicted octanol–water partition coefficient (Wildman–Crippen LogP) is -1.27. The van der Waals surface area contributed by atoms with Crippen molar-refractivity contribution in [2.24, 2.45) is 5.73 Å². The van der Waals surface area contributed by atoms with E-state index < -0.39 is 39.2 Å². The van der Waals surface area contributed by atoms with Crippen molar-refractivity contribution < 1.29 is 24.6 Å². The molecule has 2 unspecified atom stereocenters. The number of nitrogens with one attached hydrogen (secondary N) is 1. The average Bonchev–Trinajstić information content (AvgIpc) is 2.26. The molecule has 0 aromatic rings. The molecule has 9 heteroatoms. The number of carbonyl (C=O) groups excluding carboxylic acids is 1. The van der Waals surface area contributed by atoms with Crippen LogP contribution in [0.15, 0.2) is 0 Å². The molecule has 0 aliphatic heterocycles. The molecule has 0 saturated carbocycles. The molecule has 0 rings (SSSR count). The van der Waals surface area contributed by atoms with E-state index in [0.29, 0.717) is 12.2 Å². The molecule has 18 heavy (non-hydrogen) atoms. The summed E-state index contributed by atoms with van der Waals surface area (Å²) in [4.78, 5) is 32.0. The first-order chi connectivity index (χ1) is 8.34. The predicted molar refractivity (Wildman–Crippen MR) is 68.5 cm³/mol. The van der Waals surface area contributed by atoms with Gasteiger partial charge in [-0.25, -0.2) is 0 Å². The first-order valence-corrected chi connectivity index (χ1v) is 7.93. The zero-order chi connectivity index (χ0) is 14.1. The SMILES string of the molecule is CC(=O)[Se]NC(CCSCC(N)C(=O)O)C(=O)O. The van der Waals surface area contributed by atoms with Gasteiger partial charge in [0.05, 0.1) is 0 Å². The fraction of sp³-hybridized carbons (Fsp3) is 0.667. The van der Waals surface area contributed by atoms with Crippen molar-refractivity contribution in [2.75, 3.05) is 11.5 Å². The molecular weight excluding hydrogens is 327 g/mol. The zero-order valence-corrected chi connectivity index (χ0v) is 12.3. The van der Waals surface area contributed by atoms with Crippen LogP contribution in [0.3, 0.4) is 0 Å². The van der Waals surface area contributed by atoms with Crippen LogP contribution in [-0.4, -0.2) is 65.6 Å². The van der Waals surface area contributed by atoms with Gasteiger partial charge in [0.1, 0.15) is 0 Å². The van der Waals surface area contributed by atoms with Gasteiger partial charge in [-0.3, -0.25) is 0 Å². The summed E-state index contributed by atoms with van der Waals surface area (Å²) in [5.41, 5.74) is 5.30. The summed E-state index contributed by atoms with van der Waals surface area (Å²) in [7, 11) is 0. The third kappa shape index (κ3) is 8.48. The first kappa shape index (κ1) is 17.4. The van der Waals surface area contributed by atoms with E-state index in [2.05, 4.69) is 4.33 Å². The van der Waals surface area contributed by atoms with Crippen LogP contribution in [0.1, 0.15) is 13.3 Å². The summed E-state index contributed by atoms with van der Waals surface area (Å²) in [6.45, 7) is 1.40. The summed E-state index contributed by atoms with van der Waals surface area (Å²) in [6, 6.07) is -1.71. The molecule has 0 saturated heterocycles. The second kappa shape index (κ2) is 9.35. The fourth-order valence-corrected chi connectivity index (χ4v) is 2.94. The van der Waals surface area contributed by atoms with Gasteiger partial charge in [0, 0.05) is 0 Å². The summed E-state index contributed by atoms with van der Waals surface area (Å²) < 4.78 is 2.61. The van der Waals surface area contributed by atoms with Crippen LogP contribution in [0.4, 0.5) is 0 Å². The van der Waals surface area contributed by atoms with Crippen molar-refractivity contribution in [2.45, 2.75) is 25.4 Å². The number of carboxylic acid groups (broad SMARTS) is 2. The summed E-state index contributed by atoms with van der Waals surface area (Å²) >= 11 is 0.746. The number of aliphatic carboxylic acids is 2. The van der Waals surface area contributed by atoms with E-state index in [-0.39, 0.29) is 10.4 Å². The monoisotopic (exact) mass is 344 g/mol. The third-order valence-electron chi connectivity index (χ3n) is 1.81. The fourth-order valence-electron chi connectivity index (χ4n) is 0.870. The Morgan fingerprint density at radius 3 is 2.39 bits per heavy atom. The Morgan fingerprint density at radius 2 is 1.94 bits per heavy atom. The van der Waals surface area contributed by atoms with E-state index in [4.69, 9.17) is 15.9 Å². The maximum atomic E-state index is 10.9. The second-order valence-electron chi connectivity index (χ2n) is 3.41. The number of carbonyl (C=O) groups is 3. The molecule has 5 N–H and O–H groups in total. The molecule has 2 atom stereocenters. The molecule has 0 bridgehead atoms. The first-order valence-electron chi connectivity index (χ1n) is 5.06. The number of nitrogens with two attached hydrogens (primary N) is 1. The molecule has 0 radical (unpaired) electrons. The number of carboxylic acids is 2. The molecular formula is C9H16N2O5SSe. The van der Waals surface area contributed by atoms with Crippen molar-refractivity contribution >= 4 is 43.6 Å². The minimum atomic E-state index is -1.07. The van der Waals surface area contributed by atoms with Gasteiger partial charge in [0.2, 0.25) is 0 Å². The Hall–Kier alpha value is -0.601. The molecule has 0 heterocycles. The Bertz CT molecular complexity index is 315. The minimum absolute atomic E-state index is 0.0747. The molecule has 0 aromatic carbocycles. The van der Waals surface area contributed by atoms with Crippen molar-refractivity contribution in [3.63, 3.8) is 0 Å². The van der Waals surface area contributed by atoms with Gasteiger partial charge in [0.25, 0.3) is 0 Å². The number of rotatable bonds is 10. The van der Waals surface area contributed by atoms with Crippen molar-refractivity contribution in [3.05, 3.63) is 0 Å². The van der Waals surface area contributed by atoms with E-state index in [1.165, 1.54) is 18.7 Å². The van der Waals surface area contributed by atoms with E-state index in [1.807, 2.05) is 0 Å². The number of hydrogen-bond donors (Lipinski definition) is 4. The molecule has 0 fully saturated rings. The van der Waals surface area contributed by atoms with Crippen molar-refractivity contribution in [1.29, 1.82) is 0 Å². The normalized spacial score (nSPS) is 13.9. The Morgan fingerprint density at radius 1 is 1.33 bits per heavy atom. The van der Waals surface area contributed by atoms with E-state index in [9.17, 15) is 14.4 Å². The molecule has 104 valence electrons. The van der Waals surface area contributed by atoms with Crippen molar-refractivity contribution in [3.8, 4) is 0 Å². The van der Waals surface area contributed by atoms with Crippen LogP contribution < -0.4 is 10.1 Å². The van der Waals surface area contributed by atoms with Crippen LogP contribution in [-0.2, 0) is 14.4 Å². The summed E-state index contributed by atoms with van der Waals surface area (Å²) in [6.07, 6.45) is 0.321. The van der Waals surface area contributed by atoms with Gasteiger partial charge >= 0.3 is 115 Å². The van der Waals surface area contributed by atoms with Crippen LogP contribution in [0.2, 0.25) is 0 Å². The third-order valence-corrected chi connectivity index (χ3v) is 4.37. The second-order valence-corrected chi connectivity index (χ2v) is 6.69. The Kier molecular flexibility index (Phi) is 9.03. The summed E-state index contributed by atoms with van der Waals surface area (Å²) in [5.74, 6) is -1.38. The van der Waals surface area contributed by atoms with Gasteiger partial charge in [-0.1, -0.05) is 0 Å². The average molecular weight is 343 g/mol. The van der Waals surface area contributed by atoms with Crippen LogP contribution in [0.5, 0.6) is 0 Å². The molecule has 0 aromatic heterocycles. The molecule has 0 aliphatic carbocycles. The van der Waals surface area contributed by atoms with Crippen molar-refractivity contribution in [1.82, 2.24) is 4.33 Å². The van der Waals surface area contributed by atoms with Gasteiger partial charge in [-0.15, -0.1) is 0 Å². The van der Waals surface area contributed by atoms with Gasteiger partial charge in [0.15, 0.2) is 0 Å². The Balaban J connectivity index is 3.87. The van der Waals surface area contributed by atoms with E-state index in [0.717, 1.165) is 0 Å². The van der Waals surface area contributed by atoms with Crippen LogP contribution in [0, 0.1) is 0 Å². The number of hydrogen-bond acceptors (Lipinski definition) is 6. The zero-order valence-electron chi connectivity index (χ0n) is 9.79. The van der Waals surface area contributed by atoms with Gasteiger partial charge < -0.3 is 0 Å². The van der Waals surface area contributed by atoms with Crippen LogP contribution in [0.25, 0.3) is 0 Å². The maximum absolute atomic E-state index is 10.9. The quantitative estimate of drug-likeness (QED) is 0.285. The molecule has 0 spiro atoms. The van der Waals surface area contributed by atoms with E-state index in [1.54, 1.807) is 0 Å². The molecule has 0 amide bonds. The summed E-state index contributed by atoms with van der Waals surface area (Å²) in [5, 5.41) is 17.4. The molecule has 0 aliphatic rings. The van der Waals surface area contributed by atoms with Gasteiger partial charge in [-0.2, -0.15) is 0 Å².